The van der Waals surface area contributed by atoms with Crippen LogP contribution in [-0.4, -0.2) is 19.6 Å². The highest BCUT2D eigenvalue weighted by atomic mass is 127. The molecule has 3 N–H and O–H groups in total. The Kier molecular flexibility index (Phi) is 6.34. The van der Waals surface area contributed by atoms with Crippen LogP contribution in [0.2, 0.25) is 5.02 Å². The minimum atomic E-state index is 0. The summed E-state index contributed by atoms with van der Waals surface area (Å²) in [5.41, 5.74) is 8.27. The van der Waals surface area contributed by atoms with Gasteiger partial charge in [0, 0.05) is 22.2 Å². The molecule has 0 aliphatic heterocycles. The first-order chi connectivity index (χ1) is 11.1. The van der Waals surface area contributed by atoms with E-state index in [0.717, 1.165) is 29.3 Å². The van der Waals surface area contributed by atoms with Gasteiger partial charge in [-0.05, 0) is 42.7 Å². The molecule has 24 heavy (non-hydrogen) atoms. The third-order valence-corrected chi connectivity index (χ3v) is 4.46. The Morgan fingerprint density at radius 1 is 1.25 bits per heavy atom. The molecule has 0 spiro atoms. The maximum atomic E-state index is 6.01. The molecule has 6 heteroatoms. The molecular weight excluding hydrogens is 437 g/mol. The fourth-order valence-electron chi connectivity index (χ4n) is 2.62. The van der Waals surface area contributed by atoms with Crippen LogP contribution >= 0.6 is 35.6 Å². The van der Waals surface area contributed by atoms with Crippen LogP contribution in [0.25, 0.3) is 0 Å². The number of benzene rings is 2. The van der Waals surface area contributed by atoms with Crippen LogP contribution in [0.4, 0.5) is 5.69 Å². The second kappa shape index (κ2) is 8.07. The SMILES string of the molecule is COc1cccc(NC(N)=NCC2(c3ccc(Cl)cc3)CC2)c1.I. The van der Waals surface area contributed by atoms with Crippen LogP contribution in [0.3, 0.4) is 0 Å². The van der Waals surface area contributed by atoms with E-state index in [1.807, 2.05) is 36.4 Å². The highest BCUT2D eigenvalue weighted by molar-refractivity contribution is 14.0. The summed E-state index contributed by atoms with van der Waals surface area (Å²) in [5, 5.41) is 3.86. The van der Waals surface area contributed by atoms with Gasteiger partial charge in [0.2, 0.25) is 0 Å². The number of nitrogens with zero attached hydrogens (tertiary/aromatic N) is 1. The first-order valence-electron chi connectivity index (χ1n) is 7.58. The molecule has 4 nitrogen and oxygen atoms in total. The molecule has 0 saturated heterocycles. The van der Waals surface area contributed by atoms with Crippen molar-refractivity contribution in [2.75, 3.05) is 19.0 Å². The van der Waals surface area contributed by atoms with Crippen LogP contribution in [0.5, 0.6) is 5.75 Å². The van der Waals surface area contributed by atoms with E-state index in [1.165, 1.54) is 5.56 Å². The lowest BCUT2D eigenvalue weighted by molar-refractivity contribution is 0.415. The summed E-state index contributed by atoms with van der Waals surface area (Å²) < 4.78 is 5.20. The van der Waals surface area contributed by atoms with E-state index in [1.54, 1.807) is 7.11 Å². The van der Waals surface area contributed by atoms with Crippen LogP contribution in [0, 0.1) is 0 Å². The van der Waals surface area contributed by atoms with E-state index in [9.17, 15) is 0 Å². The lowest BCUT2D eigenvalue weighted by Gasteiger charge is -2.14. The number of nitrogens with one attached hydrogen (secondary N) is 1. The Bertz CT molecular complexity index is 714. The number of halogens is 2. The third-order valence-electron chi connectivity index (χ3n) is 4.20. The van der Waals surface area contributed by atoms with E-state index in [4.69, 9.17) is 22.1 Å². The van der Waals surface area contributed by atoms with Gasteiger partial charge in [-0.3, -0.25) is 4.99 Å². The molecule has 0 heterocycles. The average Bonchev–Trinajstić information content (AvgIpc) is 3.35. The molecule has 0 unspecified atom stereocenters. The standard InChI is InChI=1S/C18H20ClN3O.HI/c1-23-16-4-2-3-15(11-16)22-17(20)21-12-18(9-10-18)13-5-7-14(19)8-6-13;/h2-8,11H,9-10,12H2,1H3,(H3,20,21,22);1H. The fourth-order valence-corrected chi connectivity index (χ4v) is 2.74. The van der Waals surface area contributed by atoms with Crippen LogP contribution in [0.1, 0.15) is 18.4 Å². The van der Waals surface area contributed by atoms with Crippen LogP contribution in [0.15, 0.2) is 53.5 Å². The summed E-state index contributed by atoms with van der Waals surface area (Å²) >= 11 is 5.96. The molecule has 1 aliphatic carbocycles. The molecule has 3 rings (SSSR count). The van der Waals surface area contributed by atoms with Gasteiger partial charge in [-0.25, -0.2) is 0 Å². The Morgan fingerprint density at radius 2 is 1.96 bits per heavy atom. The maximum Gasteiger partial charge on any atom is 0.193 e. The molecule has 1 fully saturated rings. The first kappa shape index (κ1) is 18.9. The monoisotopic (exact) mass is 457 g/mol. The quantitative estimate of drug-likeness (QED) is 0.397. The van der Waals surface area contributed by atoms with Crippen molar-refractivity contribution < 1.29 is 4.74 Å². The van der Waals surface area contributed by atoms with Crippen molar-refractivity contribution in [1.82, 2.24) is 0 Å². The number of anilines is 1. The van der Waals surface area contributed by atoms with E-state index in [-0.39, 0.29) is 29.4 Å². The number of nitrogens with two attached hydrogens (primary N) is 1. The number of methoxy groups -OCH3 is 1. The summed E-state index contributed by atoms with van der Waals surface area (Å²) in [7, 11) is 1.64. The van der Waals surface area contributed by atoms with Crippen molar-refractivity contribution in [3.05, 3.63) is 59.1 Å². The second-order valence-corrected chi connectivity index (χ2v) is 6.28. The van der Waals surface area contributed by atoms with Gasteiger partial charge in [0.1, 0.15) is 5.75 Å². The number of hydrogen-bond acceptors (Lipinski definition) is 2. The molecule has 0 bridgehead atoms. The highest BCUT2D eigenvalue weighted by Crippen LogP contribution is 2.48. The van der Waals surface area contributed by atoms with Gasteiger partial charge in [-0.15, -0.1) is 24.0 Å². The van der Waals surface area contributed by atoms with Crippen molar-refractivity contribution >= 4 is 47.2 Å². The van der Waals surface area contributed by atoms with Gasteiger partial charge >= 0.3 is 0 Å². The third kappa shape index (κ3) is 4.54. The molecule has 2 aromatic carbocycles. The van der Waals surface area contributed by atoms with Crippen molar-refractivity contribution in [3.8, 4) is 5.75 Å². The van der Waals surface area contributed by atoms with Crippen LogP contribution < -0.4 is 15.8 Å². The van der Waals surface area contributed by atoms with Crippen molar-refractivity contribution in [1.29, 1.82) is 0 Å². The molecule has 0 radical (unpaired) electrons. The molecule has 2 aromatic rings. The number of hydrogen-bond donors (Lipinski definition) is 2. The van der Waals surface area contributed by atoms with E-state index in [0.29, 0.717) is 12.5 Å². The molecule has 1 saturated carbocycles. The Labute approximate surface area is 164 Å². The first-order valence-corrected chi connectivity index (χ1v) is 7.96. The van der Waals surface area contributed by atoms with E-state index >= 15 is 0 Å². The lowest BCUT2D eigenvalue weighted by atomic mass is 9.96. The smallest absolute Gasteiger partial charge is 0.193 e. The van der Waals surface area contributed by atoms with E-state index < -0.39 is 0 Å². The maximum absolute atomic E-state index is 6.01. The number of aliphatic imine (C=N–C) groups is 1. The van der Waals surface area contributed by atoms with Crippen molar-refractivity contribution in [2.45, 2.75) is 18.3 Å². The normalized spacial score (nSPS) is 15.3. The molecule has 0 atom stereocenters. The number of guanidine groups is 1. The summed E-state index contributed by atoms with van der Waals surface area (Å²) in [4.78, 5) is 4.52. The second-order valence-electron chi connectivity index (χ2n) is 5.85. The fraction of sp³-hybridized carbons (Fsp3) is 0.278. The highest BCUT2D eigenvalue weighted by Gasteiger charge is 2.44. The van der Waals surface area contributed by atoms with Gasteiger partial charge < -0.3 is 15.8 Å². The van der Waals surface area contributed by atoms with Gasteiger partial charge in [0.15, 0.2) is 5.96 Å². The minimum Gasteiger partial charge on any atom is -0.497 e. The van der Waals surface area contributed by atoms with Gasteiger partial charge in [0.05, 0.1) is 13.7 Å². The van der Waals surface area contributed by atoms with Gasteiger partial charge in [0.25, 0.3) is 0 Å². The summed E-state index contributed by atoms with van der Waals surface area (Å²) in [5.74, 6) is 1.20. The molecule has 0 amide bonds. The topological polar surface area (TPSA) is 59.6 Å². The summed E-state index contributed by atoms with van der Waals surface area (Å²) in [6.07, 6.45) is 2.26. The zero-order valence-electron chi connectivity index (χ0n) is 13.5. The number of ether oxygens (including phenoxy) is 1. The summed E-state index contributed by atoms with van der Waals surface area (Å²) in [6.45, 7) is 0.678. The van der Waals surface area contributed by atoms with Crippen molar-refractivity contribution in [2.24, 2.45) is 10.7 Å². The molecule has 1 aliphatic rings. The minimum absolute atomic E-state index is 0. The zero-order valence-corrected chi connectivity index (χ0v) is 16.5. The Hall–Kier alpha value is -1.47. The average molecular weight is 458 g/mol. The largest absolute Gasteiger partial charge is 0.497 e. The van der Waals surface area contributed by atoms with Crippen LogP contribution in [-0.2, 0) is 5.41 Å². The molecular formula is C18H21ClIN3O. The van der Waals surface area contributed by atoms with Gasteiger partial charge in [-0.1, -0.05) is 29.8 Å². The van der Waals surface area contributed by atoms with Gasteiger partial charge in [-0.2, -0.15) is 0 Å². The zero-order chi connectivity index (χ0) is 16.3. The lowest BCUT2D eigenvalue weighted by Crippen LogP contribution is -2.24. The number of rotatable bonds is 5. The summed E-state index contributed by atoms with van der Waals surface area (Å²) in [6, 6.07) is 15.6. The Balaban J connectivity index is 0.00000208. The predicted molar refractivity (Wildman–Crippen MR) is 111 cm³/mol. The van der Waals surface area contributed by atoms with Crippen molar-refractivity contribution in [3.63, 3.8) is 0 Å². The Morgan fingerprint density at radius 3 is 2.58 bits per heavy atom. The molecule has 0 aromatic heterocycles. The van der Waals surface area contributed by atoms with E-state index in [2.05, 4.69) is 22.4 Å². The predicted octanol–water partition coefficient (Wildman–Crippen LogP) is 4.43. The molecule has 128 valence electrons.